The fourth-order valence-corrected chi connectivity index (χ4v) is 3.76. The number of rotatable bonds is 8. The van der Waals surface area contributed by atoms with E-state index in [2.05, 4.69) is 9.97 Å². The van der Waals surface area contributed by atoms with E-state index in [-0.39, 0.29) is 29.2 Å². The predicted molar refractivity (Wildman–Crippen MR) is 109 cm³/mol. The van der Waals surface area contributed by atoms with Gasteiger partial charge in [0.15, 0.2) is 11.2 Å². The molecule has 172 valence electrons. The fraction of sp³-hybridized carbons (Fsp3) is 0.368. The van der Waals surface area contributed by atoms with Crippen LogP contribution in [0.5, 0.6) is 0 Å². The summed E-state index contributed by atoms with van der Waals surface area (Å²) < 4.78 is 56.1. The van der Waals surface area contributed by atoms with Crippen LogP contribution in [0.1, 0.15) is 35.9 Å². The molecule has 0 saturated heterocycles. The number of fused-ring (bicyclic) bond motifs is 1. The molecule has 32 heavy (non-hydrogen) atoms. The number of carbonyl (C=O) groups is 1. The van der Waals surface area contributed by atoms with Gasteiger partial charge >= 0.3 is 17.4 Å². The van der Waals surface area contributed by atoms with Crippen molar-refractivity contribution in [2.45, 2.75) is 43.6 Å². The first-order valence-corrected chi connectivity index (χ1v) is 11.1. The molecular formula is C19H20F2N4O6S. The Morgan fingerprint density at radius 3 is 2.47 bits per heavy atom. The zero-order valence-electron chi connectivity index (χ0n) is 17.2. The van der Waals surface area contributed by atoms with Crippen LogP contribution in [0.3, 0.4) is 0 Å². The van der Waals surface area contributed by atoms with E-state index in [0.717, 1.165) is 30.7 Å². The van der Waals surface area contributed by atoms with Gasteiger partial charge in [0.25, 0.3) is 5.56 Å². The van der Waals surface area contributed by atoms with Gasteiger partial charge in [-0.1, -0.05) is 13.3 Å². The minimum Gasteiger partial charge on any atom is -0.454 e. The Labute approximate surface area is 180 Å². The quantitative estimate of drug-likeness (QED) is 0.494. The number of aromatic nitrogens is 4. The van der Waals surface area contributed by atoms with Gasteiger partial charge in [-0.25, -0.2) is 23.0 Å². The molecule has 0 aliphatic rings. The molecule has 0 amide bonds. The number of sulfone groups is 1. The van der Waals surface area contributed by atoms with Gasteiger partial charge in [-0.3, -0.25) is 14.3 Å². The standard InChI is InChI=1S/C19H20F2N4O6S/c1-3-4-9-25-15-14(16(26)23-19(25)28)24(2)13(22-15)10-31-17(27)11-5-7-12(8-6-11)32(29,30)18(20)21/h5-8,18H,3-4,9-10H2,1-2H3,(H,23,26,28). The number of aromatic amines is 1. The lowest BCUT2D eigenvalue weighted by Crippen LogP contribution is -2.31. The molecule has 1 aromatic carbocycles. The van der Waals surface area contributed by atoms with E-state index < -0.39 is 37.7 Å². The number of H-pyrrole nitrogens is 1. The van der Waals surface area contributed by atoms with Crippen molar-refractivity contribution in [3.63, 3.8) is 0 Å². The van der Waals surface area contributed by atoms with Crippen LogP contribution >= 0.6 is 0 Å². The molecule has 0 aliphatic heterocycles. The van der Waals surface area contributed by atoms with Crippen LogP contribution in [0, 0.1) is 0 Å². The minimum atomic E-state index is -4.77. The van der Waals surface area contributed by atoms with Gasteiger partial charge in [-0.15, -0.1) is 0 Å². The van der Waals surface area contributed by atoms with Crippen molar-refractivity contribution < 1.29 is 26.7 Å². The molecule has 10 nitrogen and oxygen atoms in total. The fourth-order valence-electron chi connectivity index (χ4n) is 3.04. The van der Waals surface area contributed by atoms with Crippen LogP contribution in [-0.2, 0) is 34.8 Å². The Bertz CT molecular complexity index is 1370. The highest BCUT2D eigenvalue weighted by Gasteiger charge is 2.26. The number of hydrogen-bond acceptors (Lipinski definition) is 7. The summed E-state index contributed by atoms with van der Waals surface area (Å²) in [6.45, 7) is 1.96. The predicted octanol–water partition coefficient (Wildman–Crippen LogP) is 1.58. The van der Waals surface area contributed by atoms with Crippen molar-refractivity contribution >= 4 is 27.0 Å². The second-order valence-corrected chi connectivity index (χ2v) is 8.85. The first kappa shape index (κ1) is 23.3. The molecule has 2 heterocycles. The topological polar surface area (TPSA) is 133 Å². The molecule has 0 radical (unpaired) electrons. The van der Waals surface area contributed by atoms with E-state index in [1.165, 1.54) is 16.2 Å². The smallest absolute Gasteiger partial charge is 0.341 e. The maximum absolute atomic E-state index is 12.6. The van der Waals surface area contributed by atoms with Crippen molar-refractivity contribution in [3.8, 4) is 0 Å². The highest BCUT2D eigenvalue weighted by Crippen LogP contribution is 2.19. The third-order valence-corrected chi connectivity index (χ3v) is 6.22. The van der Waals surface area contributed by atoms with Gasteiger partial charge in [0.05, 0.1) is 10.5 Å². The Kier molecular flexibility index (Phi) is 6.57. The van der Waals surface area contributed by atoms with Crippen LogP contribution in [0.4, 0.5) is 8.78 Å². The molecule has 13 heteroatoms. The summed E-state index contributed by atoms with van der Waals surface area (Å²) in [6, 6.07) is 3.89. The lowest BCUT2D eigenvalue weighted by atomic mass is 10.2. The van der Waals surface area contributed by atoms with Crippen LogP contribution in [0.25, 0.3) is 11.2 Å². The number of imidazole rings is 1. The SMILES string of the molecule is CCCCn1c(=O)[nH]c(=O)c2c1nc(COC(=O)c1ccc(S(=O)(=O)C(F)F)cc1)n2C. The second-order valence-electron chi connectivity index (χ2n) is 6.93. The van der Waals surface area contributed by atoms with E-state index in [0.29, 0.717) is 13.0 Å². The maximum Gasteiger partial charge on any atom is 0.341 e. The lowest BCUT2D eigenvalue weighted by Gasteiger charge is -2.06. The summed E-state index contributed by atoms with van der Waals surface area (Å²) in [4.78, 5) is 42.6. The number of halogens is 2. The lowest BCUT2D eigenvalue weighted by molar-refractivity contribution is 0.0459. The molecule has 1 N–H and O–H groups in total. The molecule has 0 aliphatic carbocycles. The normalized spacial score (nSPS) is 11.9. The van der Waals surface area contributed by atoms with Gasteiger partial charge in [0.2, 0.25) is 9.84 Å². The van der Waals surface area contributed by atoms with Gasteiger partial charge in [0, 0.05) is 13.6 Å². The number of carbonyl (C=O) groups excluding carboxylic acids is 1. The van der Waals surface area contributed by atoms with Crippen molar-refractivity contribution in [2.24, 2.45) is 7.05 Å². The molecule has 0 spiro atoms. The molecule has 3 aromatic rings. The third kappa shape index (κ3) is 4.33. The zero-order chi connectivity index (χ0) is 23.6. The summed E-state index contributed by atoms with van der Waals surface area (Å²) in [7, 11) is -3.24. The maximum atomic E-state index is 12.6. The number of ether oxygens (including phenoxy) is 1. The van der Waals surface area contributed by atoms with Gasteiger partial charge in [-0.05, 0) is 30.7 Å². The van der Waals surface area contributed by atoms with Crippen molar-refractivity contribution in [2.75, 3.05) is 0 Å². The third-order valence-electron chi connectivity index (χ3n) is 4.83. The van der Waals surface area contributed by atoms with E-state index in [9.17, 15) is 31.6 Å². The first-order chi connectivity index (χ1) is 15.1. The summed E-state index contributed by atoms with van der Waals surface area (Å²) in [5.74, 6) is -4.22. The summed E-state index contributed by atoms with van der Waals surface area (Å²) in [6.07, 6.45) is 1.51. The number of alkyl halides is 2. The Hall–Kier alpha value is -3.35. The number of nitrogens with zero attached hydrogens (tertiary/aromatic N) is 3. The van der Waals surface area contributed by atoms with Crippen molar-refractivity contribution in [1.29, 1.82) is 0 Å². The van der Waals surface area contributed by atoms with Crippen LogP contribution in [-0.4, -0.2) is 39.2 Å². The number of aryl methyl sites for hydroxylation is 2. The van der Waals surface area contributed by atoms with E-state index >= 15 is 0 Å². The zero-order valence-corrected chi connectivity index (χ0v) is 18.0. The molecule has 0 unspecified atom stereocenters. The molecule has 2 aromatic heterocycles. The molecule has 0 atom stereocenters. The first-order valence-electron chi connectivity index (χ1n) is 9.55. The number of benzene rings is 1. The van der Waals surface area contributed by atoms with Gasteiger partial charge in [-0.2, -0.15) is 8.78 Å². The average molecular weight is 470 g/mol. The summed E-state index contributed by atoms with van der Waals surface area (Å²) >= 11 is 0. The van der Waals surface area contributed by atoms with Crippen molar-refractivity contribution in [3.05, 3.63) is 56.5 Å². The largest absolute Gasteiger partial charge is 0.454 e. The summed E-state index contributed by atoms with van der Waals surface area (Å²) in [5.41, 5.74) is -0.956. The van der Waals surface area contributed by atoms with E-state index in [1.54, 1.807) is 0 Å². The van der Waals surface area contributed by atoms with Crippen molar-refractivity contribution in [1.82, 2.24) is 19.1 Å². The highest BCUT2D eigenvalue weighted by atomic mass is 32.2. The number of unbranched alkanes of at least 4 members (excludes halogenated alkanes) is 1. The van der Waals surface area contributed by atoms with Crippen LogP contribution in [0.2, 0.25) is 0 Å². The molecule has 0 fully saturated rings. The van der Waals surface area contributed by atoms with E-state index in [4.69, 9.17) is 4.74 Å². The molecule has 0 saturated carbocycles. The molecule has 3 rings (SSSR count). The second kappa shape index (κ2) is 9.02. The van der Waals surface area contributed by atoms with Crippen LogP contribution in [0.15, 0.2) is 38.8 Å². The van der Waals surface area contributed by atoms with Gasteiger partial charge < -0.3 is 9.30 Å². The number of hydrogen-bond donors (Lipinski definition) is 1. The monoisotopic (exact) mass is 470 g/mol. The molecule has 0 bridgehead atoms. The van der Waals surface area contributed by atoms with Gasteiger partial charge in [0.1, 0.15) is 12.4 Å². The number of nitrogens with one attached hydrogen (secondary N) is 1. The Morgan fingerprint density at radius 1 is 1.22 bits per heavy atom. The average Bonchev–Trinajstić information content (AvgIpc) is 3.08. The Morgan fingerprint density at radius 2 is 1.88 bits per heavy atom. The summed E-state index contributed by atoms with van der Waals surface area (Å²) in [5, 5.41) is 0. The molecular weight excluding hydrogens is 450 g/mol. The number of esters is 1. The highest BCUT2D eigenvalue weighted by molar-refractivity contribution is 7.91. The van der Waals surface area contributed by atoms with E-state index in [1.807, 2.05) is 6.92 Å². The van der Waals surface area contributed by atoms with Crippen LogP contribution < -0.4 is 11.2 Å². The minimum absolute atomic E-state index is 0.0605. The Balaban J connectivity index is 1.84.